The Hall–Kier alpha value is -1.63. The zero-order chi connectivity index (χ0) is 17.2. The standard InChI is InChI=1S/C23H32N/c1-5-8-11-19-12-13-20-14-15-23(6-2,7-3)24-16-9-10-18(4)22(24)21(20)17-19/h9-10,12-13,16-17H,5-8,11,14-15H2,1-4H3/q+1. The number of unbranched alkanes of at least 4 members (excludes halogenated alkanes) is 1. The molecule has 0 saturated heterocycles. The second-order valence-electron chi connectivity index (χ2n) is 7.44. The number of rotatable bonds is 5. The molecular formula is C23H32N+. The number of aryl methyl sites for hydroxylation is 3. The monoisotopic (exact) mass is 322 g/mol. The van der Waals surface area contributed by atoms with E-state index in [4.69, 9.17) is 0 Å². The largest absolute Gasteiger partial charge is 0.216 e. The molecule has 1 aromatic carbocycles. The minimum Gasteiger partial charge on any atom is -0.193 e. The molecule has 128 valence electrons. The molecule has 2 aromatic rings. The molecule has 0 aliphatic carbocycles. The van der Waals surface area contributed by atoms with Gasteiger partial charge in [0.2, 0.25) is 5.69 Å². The highest BCUT2D eigenvalue weighted by Crippen LogP contribution is 2.36. The SMILES string of the molecule is CCCCc1ccc2c(c1)-c1c(C)ccc[n+]1C(CC)(CC)CC2. The van der Waals surface area contributed by atoms with Crippen LogP contribution in [0.1, 0.15) is 69.6 Å². The van der Waals surface area contributed by atoms with Crippen LogP contribution in [-0.4, -0.2) is 0 Å². The van der Waals surface area contributed by atoms with Gasteiger partial charge in [0.25, 0.3) is 0 Å². The van der Waals surface area contributed by atoms with Crippen LogP contribution in [0.15, 0.2) is 36.5 Å². The predicted octanol–water partition coefficient (Wildman–Crippen LogP) is 5.75. The van der Waals surface area contributed by atoms with E-state index in [1.54, 1.807) is 0 Å². The van der Waals surface area contributed by atoms with Crippen LogP contribution >= 0.6 is 0 Å². The van der Waals surface area contributed by atoms with Crippen LogP contribution in [0, 0.1) is 6.92 Å². The summed E-state index contributed by atoms with van der Waals surface area (Å²) >= 11 is 0. The van der Waals surface area contributed by atoms with Gasteiger partial charge in [0.05, 0.1) is 0 Å². The van der Waals surface area contributed by atoms with Crippen molar-refractivity contribution >= 4 is 0 Å². The number of aromatic nitrogens is 1. The molecule has 0 spiro atoms. The van der Waals surface area contributed by atoms with Gasteiger partial charge in [-0.1, -0.05) is 39.3 Å². The molecule has 2 heterocycles. The van der Waals surface area contributed by atoms with E-state index in [-0.39, 0.29) is 5.54 Å². The van der Waals surface area contributed by atoms with Crippen molar-refractivity contribution < 1.29 is 4.57 Å². The fraction of sp³-hybridized carbons (Fsp3) is 0.522. The summed E-state index contributed by atoms with van der Waals surface area (Å²) in [6, 6.07) is 11.7. The number of fused-ring (bicyclic) bond motifs is 3. The summed E-state index contributed by atoms with van der Waals surface area (Å²) in [6.45, 7) is 9.25. The van der Waals surface area contributed by atoms with Crippen molar-refractivity contribution in [2.75, 3.05) is 0 Å². The highest BCUT2D eigenvalue weighted by Gasteiger charge is 2.41. The number of benzene rings is 1. The van der Waals surface area contributed by atoms with Crippen LogP contribution in [0.4, 0.5) is 0 Å². The summed E-state index contributed by atoms with van der Waals surface area (Å²) in [7, 11) is 0. The van der Waals surface area contributed by atoms with Crippen LogP contribution in [0.25, 0.3) is 11.3 Å². The van der Waals surface area contributed by atoms with Crippen LogP contribution < -0.4 is 4.57 Å². The van der Waals surface area contributed by atoms with Gasteiger partial charge in [-0.05, 0) is 49.4 Å². The van der Waals surface area contributed by atoms with E-state index in [2.05, 4.69) is 68.8 Å². The number of pyridine rings is 1. The third kappa shape index (κ3) is 2.90. The molecule has 1 aliphatic rings. The van der Waals surface area contributed by atoms with Gasteiger partial charge in [0.15, 0.2) is 11.7 Å². The van der Waals surface area contributed by atoms with Gasteiger partial charge in [0.1, 0.15) is 0 Å². The molecule has 0 atom stereocenters. The Morgan fingerprint density at radius 2 is 1.88 bits per heavy atom. The van der Waals surface area contributed by atoms with Crippen LogP contribution in [0.3, 0.4) is 0 Å². The topological polar surface area (TPSA) is 3.88 Å². The molecule has 1 nitrogen and oxygen atoms in total. The van der Waals surface area contributed by atoms with Crippen molar-refractivity contribution in [2.24, 2.45) is 0 Å². The first-order valence-corrected chi connectivity index (χ1v) is 9.79. The first-order chi connectivity index (χ1) is 11.6. The highest BCUT2D eigenvalue weighted by atomic mass is 15.1. The second kappa shape index (κ2) is 7.09. The van der Waals surface area contributed by atoms with E-state index < -0.39 is 0 Å². The average Bonchev–Trinajstić information content (AvgIpc) is 2.75. The van der Waals surface area contributed by atoms with E-state index in [0.29, 0.717) is 0 Å². The lowest BCUT2D eigenvalue weighted by Crippen LogP contribution is -2.56. The molecule has 0 unspecified atom stereocenters. The zero-order valence-electron chi connectivity index (χ0n) is 15.9. The molecule has 0 fully saturated rings. The molecule has 0 bridgehead atoms. The molecule has 1 aromatic heterocycles. The van der Waals surface area contributed by atoms with Gasteiger partial charge in [-0.3, -0.25) is 0 Å². The quantitative estimate of drug-likeness (QED) is 0.617. The Kier molecular flexibility index (Phi) is 5.08. The predicted molar refractivity (Wildman–Crippen MR) is 102 cm³/mol. The van der Waals surface area contributed by atoms with Gasteiger partial charge >= 0.3 is 0 Å². The summed E-state index contributed by atoms with van der Waals surface area (Å²) in [5, 5.41) is 0. The maximum Gasteiger partial charge on any atom is 0.216 e. The van der Waals surface area contributed by atoms with Crippen molar-refractivity contribution in [1.82, 2.24) is 0 Å². The van der Waals surface area contributed by atoms with Gasteiger partial charge in [0, 0.05) is 36.5 Å². The second-order valence-corrected chi connectivity index (χ2v) is 7.44. The lowest BCUT2D eigenvalue weighted by molar-refractivity contribution is -0.757. The Bertz CT molecular complexity index is 710. The van der Waals surface area contributed by atoms with E-state index in [1.165, 1.54) is 72.9 Å². The zero-order valence-corrected chi connectivity index (χ0v) is 15.9. The van der Waals surface area contributed by atoms with Gasteiger partial charge in [-0.15, -0.1) is 0 Å². The maximum absolute atomic E-state index is 2.61. The smallest absolute Gasteiger partial charge is 0.193 e. The van der Waals surface area contributed by atoms with Gasteiger partial charge < -0.3 is 0 Å². The van der Waals surface area contributed by atoms with Gasteiger partial charge in [-0.2, -0.15) is 4.57 Å². The Labute approximate surface area is 147 Å². The van der Waals surface area contributed by atoms with Crippen LogP contribution in [0.2, 0.25) is 0 Å². The van der Waals surface area contributed by atoms with E-state index in [0.717, 1.165) is 0 Å². The van der Waals surface area contributed by atoms with Crippen molar-refractivity contribution in [1.29, 1.82) is 0 Å². The number of hydrogen-bond acceptors (Lipinski definition) is 0. The Morgan fingerprint density at radius 3 is 2.58 bits per heavy atom. The molecule has 0 saturated carbocycles. The third-order valence-electron chi connectivity index (χ3n) is 6.13. The number of hydrogen-bond donors (Lipinski definition) is 0. The molecule has 1 heteroatoms. The molecule has 0 radical (unpaired) electrons. The minimum absolute atomic E-state index is 0.254. The van der Waals surface area contributed by atoms with Crippen molar-refractivity contribution in [2.45, 2.75) is 78.2 Å². The van der Waals surface area contributed by atoms with Crippen molar-refractivity contribution in [3.63, 3.8) is 0 Å². The van der Waals surface area contributed by atoms with Crippen LogP contribution in [-0.2, 0) is 18.4 Å². The number of nitrogens with zero attached hydrogens (tertiary/aromatic N) is 1. The van der Waals surface area contributed by atoms with Crippen molar-refractivity contribution in [3.8, 4) is 11.3 Å². The normalized spacial score (nSPS) is 15.5. The lowest BCUT2D eigenvalue weighted by Gasteiger charge is -2.26. The average molecular weight is 323 g/mol. The molecule has 0 N–H and O–H groups in total. The summed E-state index contributed by atoms with van der Waals surface area (Å²) < 4.78 is 2.61. The lowest BCUT2D eigenvalue weighted by atomic mass is 9.86. The van der Waals surface area contributed by atoms with E-state index in [1.807, 2.05) is 0 Å². The van der Waals surface area contributed by atoms with E-state index >= 15 is 0 Å². The molecule has 3 rings (SSSR count). The fourth-order valence-electron chi connectivity index (χ4n) is 4.38. The Balaban J connectivity index is 2.20. The van der Waals surface area contributed by atoms with Crippen LogP contribution in [0.5, 0.6) is 0 Å². The molecular weight excluding hydrogens is 290 g/mol. The first-order valence-electron chi connectivity index (χ1n) is 9.79. The highest BCUT2D eigenvalue weighted by molar-refractivity contribution is 5.66. The van der Waals surface area contributed by atoms with Gasteiger partial charge in [-0.25, -0.2) is 0 Å². The van der Waals surface area contributed by atoms with Crippen molar-refractivity contribution in [3.05, 3.63) is 53.2 Å². The summed E-state index contributed by atoms with van der Waals surface area (Å²) in [4.78, 5) is 0. The molecule has 1 aliphatic heterocycles. The maximum atomic E-state index is 2.61. The minimum atomic E-state index is 0.254. The molecule has 0 amide bonds. The summed E-state index contributed by atoms with van der Waals surface area (Å²) in [5.74, 6) is 0. The first kappa shape index (κ1) is 17.2. The fourth-order valence-corrected chi connectivity index (χ4v) is 4.38. The Morgan fingerprint density at radius 1 is 1.08 bits per heavy atom. The summed E-state index contributed by atoms with van der Waals surface area (Å²) in [5.41, 5.74) is 7.61. The molecule has 24 heavy (non-hydrogen) atoms. The third-order valence-corrected chi connectivity index (χ3v) is 6.13. The van der Waals surface area contributed by atoms with E-state index in [9.17, 15) is 0 Å². The summed E-state index contributed by atoms with van der Waals surface area (Å²) in [6.07, 6.45) is 10.9.